The summed E-state index contributed by atoms with van der Waals surface area (Å²) >= 11 is 11.7. The minimum Gasteiger partial charge on any atom is -0.480 e. The number of rotatable bonds is 5. The van der Waals surface area contributed by atoms with Crippen molar-refractivity contribution in [3.8, 4) is 0 Å². The maximum absolute atomic E-state index is 11.9. The Kier molecular flexibility index (Phi) is 6.05. The van der Waals surface area contributed by atoms with E-state index in [9.17, 15) is 9.59 Å². The van der Waals surface area contributed by atoms with E-state index < -0.39 is 17.9 Å². The SMILES string of the molecule is CCC(C(=O)O)N(C)C(=O)C=Cc1cc(Cl)cc(Cl)c1. The van der Waals surface area contributed by atoms with Crippen LogP contribution in [-0.2, 0) is 9.59 Å². The van der Waals surface area contributed by atoms with Gasteiger partial charge in [0.25, 0.3) is 0 Å². The number of carbonyl (C=O) groups excluding carboxylic acids is 1. The number of benzene rings is 1. The zero-order chi connectivity index (χ0) is 15.3. The number of carboxylic acid groups (broad SMARTS) is 1. The molecule has 0 saturated carbocycles. The predicted molar refractivity (Wildman–Crippen MR) is 80.0 cm³/mol. The van der Waals surface area contributed by atoms with Gasteiger partial charge in [-0.2, -0.15) is 0 Å². The van der Waals surface area contributed by atoms with Gasteiger partial charge in [-0.25, -0.2) is 4.79 Å². The third kappa shape index (κ3) is 4.54. The number of nitrogens with zero attached hydrogens (tertiary/aromatic N) is 1. The summed E-state index contributed by atoms with van der Waals surface area (Å²) in [7, 11) is 1.46. The quantitative estimate of drug-likeness (QED) is 0.848. The lowest BCUT2D eigenvalue weighted by Gasteiger charge is -2.22. The van der Waals surface area contributed by atoms with E-state index in [1.165, 1.54) is 18.0 Å². The highest BCUT2D eigenvalue weighted by Crippen LogP contribution is 2.20. The Morgan fingerprint density at radius 3 is 2.30 bits per heavy atom. The smallest absolute Gasteiger partial charge is 0.326 e. The van der Waals surface area contributed by atoms with E-state index in [2.05, 4.69) is 0 Å². The van der Waals surface area contributed by atoms with Crippen molar-refractivity contribution in [3.05, 3.63) is 39.9 Å². The number of likely N-dealkylation sites (N-methyl/N-ethyl adjacent to an activating group) is 1. The molecule has 0 heterocycles. The van der Waals surface area contributed by atoms with Crippen LogP contribution in [-0.4, -0.2) is 35.0 Å². The van der Waals surface area contributed by atoms with Crippen LogP contribution in [0.15, 0.2) is 24.3 Å². The predicted octanol–water partition coefficient (Wildman–Crippen LogP) is 3.33. The first-order valence-corrected chi connectivity index (χ1v) is 6.74. The van der Waals surface area contributed by atoms with Crippen molar-refractivity contribution in [3.63, 3.8) is 0 Å². The molecule has 0 fully saturated rings. The number of amides is 1. The summed E-state index contributed by atoms with van der Waals surface area (Å²) in [5.74, 6) is -1.42. The Labute approximate surface area is 127 Å². The number of carboxylic acids is 1. The Morgan fingerprint density at radius 2 is 1.85 bits per heavy atom. The Morgan fingerprint density at radius 1 is 1.30 bits per heavy atom. The first-order chi connectivity index (χ1) is 9.35. The molecule has 1 atom stereocenters. The van der Waals surface area contributed by atoms with Crippen LogP contribution in [0.4, 0.5) is 0 Å². The highest BCUT2D eigenvalue weighted by Gasteiger charge is 2.22. The molecule has 1 aromatic carbocycles. The van der Waals surface area contributed by atoms with Gasteiger partial charge in [-0.15, -0.1) is 0 Å². The van der Waals surface area contributed by atoms with Crippen molar-refractivity contribution in [2.45, 2.75) is 19.4 Å². The number of hydrogen-bond acceptors (Lipinski definition) is 2. The van der Waals surface area contributed by atoms with Gasteiger partial charge >= 0.3 is 5.97 Å². The van der Waals surface area contributed by atoms with Gasteiger partial charge < -0.3 is 10.0 Å². The molecule has 1 unspecified atom stereocenters. The largest absolute Gasteiger partial charge is 0.480 e. The Hall–Kier alpha value is -1.52. The molecule has 0 aliphatic heterocycles. The number of carbonyl (C=O) groups is 2. The van der Waals surface area contributed by atoms with Crippen LogP contribution in [0, 0.1) is 0 Å². The van der Waals surface area contributed by atoms with Crippen molar-refractivity contribution < 1.29 is 14.7 Å². The molecule has 1 rings (SSSR count). The normalized spacial score (nSPS) is 12.4. The van der Waals surface area contributed by atoms with Crippen molar-refractivity contribution >= 4 is 41.2 Å². The topological polar surface area (TPSA) is 57.6 Å². The van der Waals surface area contributed by atoms with Crippen LogP contribution >= 0.6 is 23.2 Å². The van der Waals surface area contributed by atoms with Gasteiger partial charge in [-0.05, 0) is 36.3 Å². The van der Waals surface area contributed by atoms with Gasteiger partial charge in [0.1, 0.15) is 6.04 Å². The monoisotopic (exact) mass is 315 g/mol. The van der Waals surface area contributed by atoms with E-state index in [0.29, 0.717) is 22.0 Å². The molecular weight excluding hydrogens is 301 g/mol. The zero-order valence-electron chi connectivity index (χ0n) is 11.1. The molecule has 6 heteroatoms. The van der Waals surface area contributed by atoms with Gasteiger partial charge in [0.15, 0.2) is 0 Å². The lowest BCUT2D eigenvalue weighted by atomic mass is 10.2. The fourth-order valence-corrected chi connectivity index (χ4v) is 2.27. The summed E-state index contributed by atoms with van der Waals surface area (Å²) in [4.78, 5) is 24.1. The van der Waals surface area contributed by atoms with E-state index >= 15 is 0 Å². The highest BCUT2D eigenvalue weighted by atomic mass is 35.5. The second-order valence-corrected chi connectivity index (χ2v) is 5.12. The van der Waals surface area contributed by atoms with Crippen molar-refractivity contribution in [2.75, 3.05) is 7.05 Å². The zero-order valence-corrected chi connectivity index (χ0v) is 12.6. The summed E-state index contributed by atoms with van der Waals surface area (Å²) in [5.41, 5.74) is 0.674. The molecule has 108 valence electrons. The van der Waals surface area contributed by atoms with Crippen LogP contribution in [0.3, 0.4) is 0 Å². The van der Waals surface area contributed by atoms with Crippen molar-refractivity contribution in [1.82, 2.24) is 4.90 Å². The van der Waals surface area contributed by atoms with Gasteiger partial charge in [0, 0.05) is 23.2 Å². The molecule has 0 radical (unpaired) electrons. The second-order valence-electron chi connectivity index (χ2n) is 4.25. The molecule has 0 spiro atoms. The van der Waals surface area contributed by atoms with Crippen LogP contribution in [0.5, 0.6) is 0 Å². The van der Waals surface area contributed by atoms with Gasteiger partial charge in [-0.3, -0.25) is 4.79 Å². The maximum Gasteiger partial charge on any atom is 0.326 e. The highest BCUT2D eigenvalue weighted by molar-refractivity contribution is 6.34. The Bertz CT molecular complexity index is 523. The summed E-state index contributed by atoms with van der Waals surface area (Å²) in [6.07, 6.45) is 3.19. The summed E-state index contributed by atoms with van der Waals surface area (Å²) < 4.78 is 0. The fourth-order valence-electron chi connectivity index (χ4n) is 1.72. The average molecular weight is 316 g/mol. The van der Waals surface area contributed by atoms with E-state index in [1.807, 2.05) is 0 Å². The summed E-state index contributed by atoms with van der Waals surface area (Å²) in [6, 6.07) is 4.07. The van der Waals surface area contributed by atoms with Crippen LogP contribution in [0.25, 0.3) is 6.08 Å². The number of hydrogen-bond donors (Lipinski definition) is 1. The second kappa shape index (κ2) is 7.31. The minimum absolute atomic E-state index is 0.342. The first kappa shape index (κ1) is 16.5. The van der Waals surface area contributed by atoms with E-state index in [-0.39, 0.29) is 0 Å². The molecule has 0 aliphatic rings. The summed E-state index contributed by atoms with van der Waals surface area (Å²) in [6.45, 7) is 1.71. The lowest BCUT2D eigenvalue weighted by Crippen LogP contribution is -2.41. The number of aliphatic carboxylic acids is 1. The van der Waals surface area contributed by atoms with Crippen molar-refractivity contribution in [1.29, 1.82) is 0 Å². The molecular formula is C14H15Cl2NO3. The third-order valence-corrected chi connectivity index (χ3v) is 3.23. The van der Waals surface area contributed by atoms with Crippen LogP contribution < -0.4 is 0 Å². The van der Waals surface area contributed by atoms with E-state index in [0.717, 1.165) is 0 Å². The van der Waals surface area contributed by atoms with Gasteiger partial charge in [0.05, 0.1) is 0 Å². The van der Waals surface area contributed by atoms with Crippen molar-refractivity contribution in [2.24, 2.45) is 0 Å². The third-order valence-electron chi connectivity index (χ3n) is 2.79. The molecule has 20 heavy (non-hydrogen) atoms. The molecule has 0 saturated heterocycles. The molecule has 1 amide bonds. The van der Waals surface area contributed by atoms with Gasteiger partial charge in [-0.1, -0.05) is 30.1 Å². The standard InChI is InChI=1S/C14H15Cl2NO3/c1-3-12(14(19)20)17(2)13(18)5-4-9-6-10(15)8-11(16)7-9/h4-8,12H,3H2,1-2H3,(H,19,20). The molecule has 1 N–H and O–H groups in total. The maximum atomic E-state index is 11.9. The summed E-state index contributed by atoms with van der Waals surface area (Å²) in [5, 5.41) is 9.93. The van der Waals surface area contributed by atoms with E-state index in [4.69, 9.17) is 28.3 Å². The molecule has 0 aliphatic carbocycles. The lowest BCUT2D eigenvalue weighted by molar-refractivity contribution is -0.147. The molecule has 0 aromatic heterocycles. The average Bonchev–Trinajstić information content (AvgIpc) is 2.35. The molecule has 0 bridgehead atoms. The minimum atomic E-state index is -1.03. The fraction of sp³-hybridized carbons (Fsp3) is 0.286. The Balaban J connectivity index is 2.83. The van der Waals surface area contributed by atoms with E-state index in [1.54, 1.807) is 31.2 Å². The number of halogens is 2. The molecule has 4 nitrogen and oxygen atoms in total. The molecule has 1 aromatic rings. The van der Waals surface area contributed by atoms with Crippen LogP contribution in [0.1, 0.15) is 18.9 Å². The van der Waals surface area contributed by atoms with Crippen LogP contribution in [0.2, 0.25) is 10.0 Å². The van der Waals surface area contributed by atoms with Gasteiger partial charge in [0.2, 0.25) is 5.91 Å². The first-order valence-electron chi connectivity index (χ1n) is 5.99.